The highest BCUT2D eigenvalue weighted by Gasteiger charge is 2.37. The Morgan fingerprint density at radius 1 is 1.35 bits per heavy atom. The lowest BCUT2D eigenvalue weighted by molar-refractivity contribution is -0.0919. The fraction of sp³-hybridized carbons (Fsp3) is 0.278. The molecule has 3 heterocycles. The number of hydrogen-bond acceptors (Lipinski definition) is 6. The first-order valence-electron chi connectivity index (χ1n) is 8.93. The summed E-state index contributed by atoms with van der Waals surface area (Å²) in [6.45, 7) is -0.233. The summed E-state index contributed by atoms with van der Waals surface area (Å²) < 4.78 is 80.1. The minimum atomic E-state index is -4.96. The number of hydrogen-bond donors (Lipinski definition) is 3. The Balaban J connectivity index is 2.15. The van der Waals surface area contributed by atoms with Gasteiger partial charge in [-0.15, -0.1) is 0 Å². The van der Waals surface area contributed by atoms with Crippen LogP contribution in [0.2, 0.25) is 0 Å². The van der Waals surface area contributed by atoms with Crippen molar-refractivity contribution >= 4 is 43.6 Å². The van der Waals surface area contributed by atoms with Crippen LogP contribution in [0.5, 0.6) is 0 Å². The Labute approximate surface area is 173 Å². The summed E-state index contributed by atoms with van der Waals surface area (Å²) in [6.07, 6.45) is -2.04. The molecule has 13 heteroatoms. The molecule has 0 spiro atoms. The predicted molar refractivity (Wildman–Crippen MR) is 106 cm³/mol. The number of nitrogens with two attached hydrogens (primary N) is 1. The van der Waals surface area contributed by atoms with Crippen molar-refractivity contribution in [2.24, 2.45) is 5.73 Å². The maximum absolute atomic E-state index is 14.9. The van der Waals surface area contributed by atoms with Crippen molar-refractivity contribution in [1.29, 1.82) is 5.41 Å². The van der Waals surface area contributed by atoms with Gasteiger partial charge in [0.2, 0.25) is 10.0 Å². The maximum Gasteiger partial charge on any atom is 0.431 e. The van der Waals surface area contributed by atoms with Crippen molar-refractivity contribution in [3.05, 3.63) is 40.6 Å². The molecule has 0 saturated carbocycles. The summed E-state index contributed by atoms with van der Waals surface area (Å²) >= 11 is 0. The first-order valence-corrected chi connectivity index (χ1v) is 10.8. The van der Waals surface area contributed by atoms with E-state index in [4.69, 9.17) is 11.1 Å². The van der Waals surface area contributed by atoms with Gasteiger partial charge in [0.05, 0.1) is 23.7 Å². The van der Waals surface area contributed by atoms with Gasteiger partial charge in [0, 0.05) is 41.7 Å². The van der Waals surface area contributed by atoms with E-state index in [9.17, 15) is 26.0 Å². The molecule has 4 rings (SSSR count). The van der Waals surface area contributed by atoms with E-state index >= 15 is 0 Å². The molecule has 1 aliphatic rings. The lowest BCUT2D eigenvalue weighted by atomic mass is 9.90. The fourth-order valence-corrected chi connectivity index (χ4v) is 4.59. The van der Waals surface area contributed by atoms with Gasteiger partial charge in [0.25, 0.3) is 0 Å². The van der Waals surface area contributed by atoms with Gasteiger partial charge >= 0.3 is 6.18 Å². The highest BCUT2D eigenvalue weighted by molar-refractivity contribution is 7.88. The molecule has 0 atom stereocenters. The van der Waals surface area contributed by atoms with Crippen LogP contribution in [0.4, 0.5) is 17.6 Å². The summed E-state index contributed by atoms with van der Waals surface area (Å²) in [5.41, 5.74) is 3.32. The molecule has 0 aliphatic carbocycles. The first kappa shape index (κ1) is 21.2. The zero-order chi connectivity index (χ0) is 22.7. The van der Waals surface area contributed by atoms with Crippen LogP contribution in [0, 0.1) is 11.2 Å². The minimum Gasteiger partial charge on any atom is -0.394 e. The van der Waals surface area contributed by atoms with E-state index in [1.807, 2.05) is 0 Å². The quantitative estimate of drug-likeness (QED) is 0.412. The third-order valence-corrected chi connectivity index (χ3v) is 6.51. The SMILES string of the molecule is CS(=O)(=O)N1CCc2c(c(C(C=N)=C(N)C(F)(F)F)nc3c(F)cc4[nH]ncc4c23)C1. The van der Waals surface area contributed by atoms with Gasteiger partial charge in [-0.3, -0.25) is 5.10 Å². The highest BCUT2D eigenvalue weighted by Crippen LogP contribution is 2.38. The number of aromatic amines is 1. The van der Waals surface area contributed by atoms with Crippen molar-refractivity contribution in [2.45, 2.75) is 19.1 Å². The molecule has 1 aliphatic heterocycles. The van der Waals surface area contributed by atoms with E-state index in [1.54, 1.807) is 0 Å². The lowest BCUT2D eigenvalue weighted by Gasteiger charge is -2.30. The smallest absolute Gasteiger partial charge is 0.394 e. The Hall–Kier alpha value is -3.06. The van der Waals surface area contributed by atoms with E-state index in [0.29, 0.717) is 28.1 Å². The van der Waals surface area contributed by atoms with Crippen LogP contribution in [-0.2, 0) is 23.0 Å². The zero-order valence-corrected chi connectivity index (χ0v) is 16.8. The summed E-state index contributed by atoms with van der Waals surface area (Å²) in [6, 6.07) is 1.13. The van der Waals surface area contributed by atoms with Gasteiger partial charge in [0.1, 0.15) is 11.2 Å². The van der Waals surface area contributed by atoms with Crippen LogP contribution < -0.4 is 5.73 Å². The van der Waals surface area contributed by atoms with Crippen molar-refractivity contribution in [3.8, 4) is 0 Å². The third kappa shape index (κ3) is 3.43. The number of aromatic nitrogens is 3. The van der Waals surface area contributed by atoms with E-state index in [1.165, 1.54) is 6.20 Å². The molecule has 0 saturated heterocycles. The normalized spacial score (nSPS) is 16.4. The third-order valence-electron chi connectivity index (χ3n) is 5.26. The van der Waals surface area contributed by atoms with Crippen LogP contribution in [0.25, 0.3) is 27.4 Å². The Morgan fingerprint density at radius 3 is 2.68 bits per heavy atom. The number of rotatable bonds is 3. The molecule has 3 aromatic rings. The molecule has 0 bridgehead atoms. The number of pyridine rings is 1. The molecule has 4 N–H and O–H groups in total. The monoisotopic (exact) mass is 456 g/mol. The van der Waals surface area contributed by atoms with Crippen molar-refractivity contribution < 1.29 is 26.0 Å². The topological polar surface area (TPSA) is 129 Å². The van der Waals surface area contributed by atoms with E-state index in [2.05, 4.69) is 15.2 Å². The number of fused-ring (bicyclic) bond motifs is 5. The second-order valence-electron chi connectivity index (χ2n) is 7.15. The van der Waals surface area contributed by atoms with Crippen molar-refractivity contribution in [2.75, 3.05) is 12.8 Å². The number of halogens is 4. The maximum atomic E-state index is 14.9. The summed E-state index contributed by atoms with van der Waals surface area (Å²) in [5, 5.41) is 14.9. The highest BCUT2D eigenvalue weighted by atomic mass is 32.2. The average molecular weight is 456 g/mol. The number of allylic oxidation sites excluding steroid dienone is 2. The number of nitrogens with zero attached hydrogens (tertiary/aromatic N) is 3. The van der Waals surface area contributed by atoms with E-state index in [0.717, 1.165) is 16.6 Å². The van der Waals surface area contributed by atoms with Crippen molar-refractivity contribution in [1.82, 2.24) is 19.5 Å². The molecule has 0 radical (unpaired) electrons. The summed E-state index contributed by atoms with van der Waals surface area (Å²) in [4.78, 5) is 4.11. The Kier molecular flexibility index (Phi) is 4.77. The van der Waals surface area contributed by atoms with Gasteiger partial charge in [-0.25, -0.2) is 17.8 Å². The molecule has 1 aromatic carbocycles. The van der Waals surface area contributed by atoms with Crippen LogP contribution in [-0.4, -0.2) is 53.1 Å². The number of sulfonamides is 1. The molecule has 2 aromatic heterocycles. The molecular formula is C18H16F4N6O2S. The summed E-state index contributed by atoms with van der Waals surface area (Å²) in [5.74, 6) is -0.795. The molecule has 0 fully saturated rings. The van der Waals surface area contributed by atoms with Gasteiger partial charge in [0.15, 0.2) is 5.82 Å². The second kappa shape index (κ2) is 6.99. The van der Waals surface area contributed by atoms with Gasteiger partial charge in [-0.1, -0.05) is 0 Å². The van der Waals surface area contributed by atoms with Gasteiger partial charge in [-0.05, 0) is 17.5 Å². The molecule has 0 amide bonds. The minimum absolute atomic E-state index is 0.0542. The Bertz CT molecular complexity index is 1380. The van der Waals surface area contributed by atoms with Gasteiger partial charge < -0.3 is 11.1 Å². The molecule has 0 unspecified atom stereocenters. The van der Waals surface area contributed by atoms with Crippen LogP contribution in [0.3, 0.4) is 0 Å². The van der Waals surface area contributed by atoms with Crippen LogP contribution in [0.1, 0.15) is 16.8 Å². The van der Waals surface area contributed by atoms with E-state index in [-0.39, 0.29) is 36.3 Å². The molecule has 164 valence electrons. The van der Waals surface area contributed by atoms with Crippen LogP contribution in [0.15, 0.2) is 18.0 Å². The number of benzene rings is 1. The largest absolute Gasteiger partial charge is 0.431 e. The first-order chi connectivity index (χ1) is 14.4. The molecule has 31 heavy (non-hydrogen) atoms. The van der Waals surface area contributed by atoms with E-state index < -0.39 is 33.3 Å². The van der Waals surface area contributed by atoms with Crippen molar-refractivity contribution in [3.63, 3.8) is 0 Å². The standard InChI is InChI=1S/C18H16F4N6O2S/c1-31(29,30)28-3-2-8-11(7-28)15(9(5-23)17(24)18(20,21)22)26-16-12(19)4-13-10(14(8)16)6-25-27-13/h4-6,23H,2-3,7,24H2,1H3,(H,25,27). The van der Waals surface area contributed by atoms with Gasteiger partial charge in [-0.2, -0.15) is 22.6 Å². The number of nitrogens with one attached hydrogen (secondary N) is 2. The van der Waals surface area contributed by atoms with Crippen LogP contribution >= 0.6 is 0 Å². The number of alkyl halides is 3. The molecular weight excluding hydrogens is 440 g/mol. The average Bonchev–Trinajstić information content (AvgIpc) is 3.14. The zero-order valence-electron chi connectivity index (χ0n) is 16.0. The number of H-pyrrole nitrogens is 1. The fourth-order valence-electron chi connectivity index (χ4n) is 3.81. The lowest BCUT2D eigenvalue weighted by Crippen LogP contribution is -2.36. The Morgan fingerprint density at radius 2 is 2.06 bits per heavy atom. The summed E-state index contributed by atoms with van der Waals surface area (Å²) in [7, 11) is -3.67. The predicted octanol–water partition coefficient (Wildman–Crippen LogP) is 2.45. The molecule has 8 nitrogen and oxygen atoms in total. The second-order valence-corrected chi connectivity index (χ2v) is 9.13.